The van der Waals surface area contributed by atoms with Crippen LogP contribution < -0.4 is 9.64 Å². The van der Waals surface area contributed by atoms with Gasteiger partial charge in [-0.2, -0.15) is 4.31 Å². The maximum Gasteiger partial charge on any atom is 0.217 e. The van der Waals surface area contributed by atoms with Crippen LogP contribution in [0.4, 0.5) is 5.69 Å². The first-order chi connectivity index (χ1) is 16.3. The zero-order valence-electron chi connectivity index (χ0n) is 18.8. The van der Waals surface area contributed by atoms with Gasteiger partial charge in [0.15, 0.2) is 0 Å². The van der Waals surface area contributed by atoms with Crippen molar-refractivity contribution >= 4 is 33.0 Å². The van der Waals surface area contributed by atoms with Gasteiger partial charge in [-0.05, 0) is 36.6 Å². The van der Waals surface area contributed by atoms with Gasteiger partial charge in [-0.3, -0.25) is 0 Å². The third-order valence-corrected chi connectivity index (χ3v) is 9.29. The molecule has 1 aliphatic heterocycles. The molecule has 182 valence electrons. The minimum absolute atomic E-state index is 0.182. The fraction of sp³-hybridized carbons (Fsp3) is 0.435. The first kappa shape index (κ1) is 23.4. The van der Waals surface area contributed by atoms with Gasteiger partial charge >= 0.3 is 0 Å². The summed E-state index contributed by atoms with van der Waals surface area (Å²) in [6.45, 7) is 0.891. The summed E-state index contributed by atoms with van der Waals surface area (Å²) in [6, 6.07) is 6.86. The van der Waals surface area contributed by atoms with Crippen LogP contribution in [0.1, 0.15) is 18.4 Å². The van der Waals surface area contributed by atoms with Crippen molar-refractivity contribution in [2.75, 3.05) is 38.3 Å². The largest absolute Gasteiger partial charge is 0.495 e. The number of sulfonamides is 1. The van der Waals surface area contributed by atoms with Crippen molar-refractivity contribution in [3.05, 3.63) is 47.2 Å². The van der Waals surface area contributed by atoms with Crippen LogP contribution in [0.3, 0.4) is 0 Å². The summed E-state index contributed by atoms with van der Waals surface area (Å²) in [4.78, 5) is 6.82. The second-order valence-corrected chi connectivity index (χ2v) is 11.3. The number of nitrogens with zero attached hydrogens (tertiary/aromatic N) is 4. The first-order valence-electron chi connectivity index (χ1n) is 11.2. The highest BCUT2D eigenvalue weighted by Gasteiger charge is 2.44. The van der Waals surface area contributed by atoms with E-state index in [9.17, 15) is 18.6 Å². The number of fused-ring (bicyclic) bond motifs is 1. The molecule has 2 N–H and O–H groups in total. The zero-order valence-corrected chi connectivity index (χ0v) is 20.3. The van der Waals surface area contributed by atoms with Crippen LogP contribution in [0.5, 0.6) is 5.75 Å². The summed E-state index contributed by atoms with van der Waals surface area (Å²) in [5.74, 6) is 0.488. The van der Waals surface area contributed by atoms with E-state index in [0.29, 0.717) is 60.2 Å². The van der Waals surface area contributed by atoms with Gasteiger partial charge in [-0.15, -0.1) is 0 Å². The Hall–Kier alpha value is -2.37. The highest BCUT2D eigenvalue weighted by atomic mass is 35.5. The second-order valence-electron chi connectivity index (χ2n) is 8.72. The number of imidazole rings is 1. The molecule has 2 fully saturated rings. The quantitative estimate of drug-likeness (QED) is 0.505. The molecule has 9 nitrogen and oxygen atoms in total. The SMILES string of the molecule is COc1cc(CO)c(-c2cn3ccc(N4CCN(S(=O)(=O)C5CC5)C(CO)C4)cc3n2)cc1Cl. The molecule has 0 spiro atoms. The number of aromatic nitrogens is 2. The summed E-state index contributed by atoms with van der Waals surface area (Å²) in [5.41, 5.74) is 3.65. The molecule has 34 heavy (non-hydrogen) atoms. The third kappa shape index (κ3) is 4.14. The normalized spacial score (nSPS) is 19.6. The minimum Gasteiger partial charge on any atom is -0.495 e. The summed E-state index contributed by atoms with van der Waals surface area (Å²) < 4.78 is 34.1. The van der Waals surface area contributed by atoms with Crippen LogP contribution >= 0.6 is 11.6 Å². The Morgan fingerprint density at radius 1 is 1.21 bits per heavy atom. The number of ether oxygens (including phenoxy) is 1. The van der Waals surface area contributed by atoms with Crippen LogP contribution in [0.25, 0.3) is 16.9 Å². The van der Waals surface area contributed by atoms with Crippen LogP contribution in [0.15, 0.2) is 36.7 Å². The highest BCUT2D eigenvalue weighted by molar-refractivity contribution is 7.90. The molecule has 1 saturated carbocycles. The zero-order chi connectivity index (χ0) is 24.0. The van der Waals surface area contributed by atoms with Gasteiger partial charge in [0.2, 0.25) is 10.0 Å². The molecular formula is C23H27ClN4O5S. The lowest BCUT2D eigenvalue weighted by molar-refractivity contribution is 0.175. The third-order valence-electron chi connectivity index (χ3n) is 6.54. The van der Waals surface area contributed by atoms with Gasteiger partial charge in [0.05, 0.1) is 42.3 Å². The number of aliphatic hydroxyl groups is 2. The van der Waals surface area contributed by atoms with E-state index >= 15 is 0 Å². The average Bonchev–Trinajstić information content (AvgIpc) is 3.63. The molecule has 0 bridgehead atoms. The molecule has 2 aromatic heterocycles. The molecule has 0 radical (unpaired) electrons. The minimum atomic E-state index is -3.34. The van der Waals surface area contributed by atoms with Crippen molar-refractivity contribution in [3.8, 4) is 17.0 Å². The maximum atomic E-state index is 12.7. The lowest BCUT2D eigenvalue weighted by Gasteiger charge is -2.40. The number of piperazine rings is 1. The Kier molecular flexibility index (Phi) is 6.19. The number of pyridine rings is 1. The smallest absolute Gasteiger partial charge is 0.217 e. The van der Waals surface area contributed by atoms with E-state index in [1.54, 1.807) is 12.1 Å². The monoisotopic (exact) mass is 506 g/mol. The molecule has 1 aromatic carbocycles. The number of halogens is 1. The van der Waals surface area contributed by atoms with Crippen molar-refractivity contribution in [2.45, 2.75) is 30.7 Å². The molecular weight excluding hydrogens is 480 g/mol. The van der Waals surface area contributed by atoms with Gasteiger partial charge in [-0.1, -0.05) is 11.6 Å². The van der Waals surface area contributed by atoms with Crippen molar-refractivity contribution in [1.82, 2.24) is 13.7 Å². The van der Waals surface area contributed by atoms with E-state index in [1.165, 1.54) is 11.4 Å². The Morgan fingerprint density at radius 2 is 2.00 bits per heavy atom. The van der Waals surface area contributed by atoms with E-state index in [1.807, 2.05) is 28.9 Å². The van der Waals surface area contributed by atoms with Crippen LogP contribution in [0.2, 0.25) is 5.02 Å². The fourth-order valence-corrected chi connectivity index (χ4v) is 6.77. The van der Waals surface area contributed by atoms with Crippen LogP contribution in [-0.4, -0.2) is 77.0 Å². The van der Waals surface area contributed by atoms with Gasteiger partial charge in [0.1, 0.15) is 11.4 Å². The van der Waals surface area contributed by atoms with Crippen LogP contribution in [0, 0.1) is 0 Å². The highest BCUT2D eigenvalue weighted by Crippen LogP contribution is 2.35. The van der Waals surface area contributed by atoms with E-state index in [0.717, 1.165) is 11.3 Å². The Labute approximate surface area is 203 Å². The molecule has 1 aliphatic carbocycles. The topological polar surface area (TPSA) is 108 Å². The first-order valence-corrected chi connectivity index (χ1v) is 13.1. The van der Waals surface area contributed by atoms with Crippen molar-refractivity contribution in [3.63, 3.8) is 0 Å². The summed E-state index contributed by atoms with van der Waals surface area (Å²) in [6.07, 6.45) is 5.17. The number of hydrogen-bond acceptors (Lipinski definition) is 7. The Balaban J connectivity index is 1.42. The fourth-order valence-electron chi connectivity index (χ4n) is 4.53. The van der Waals surface area contributed by atoms with Gasteiger partial charge in [-0.25, -0.2) is 13.4 Å². The van der Waals surface area contributed by atoms with Gasteiger partial charge in [0.25, 0.3) is 0 Å². The van der Waals surface area contributed by atoms with Crippen LogP contribution in [-0.2, 0) is 16.6 Å². The summed E-state index contributed by atoms with van der Waals surface area (Å²) >= 11 is 6.31. The molecule has 1 atom stereocenters. The lowest BCUT2D eigenvalue weighted by atomic mass is 10.1. The predicted molar refractivity (Wildman–Crippen MR) is 130 cm³/mol. The summed E-state index contributed by atoms with van der Waals surface area (Å²) in [5, 5.41) is 19.9. The maximum absolute atomic E-state index is 12.7. The number of anilines is 1. The lowest BCUT2D eigenvalue weighted by Crippen LogP contribution is -2.57. The second kappa shape index (κ2) is 9.01. The molecule has 1 saturated heterocycles. The van der Waals surface area contributed by atoms with E-state index in [2.05, 4.69) is 4.90 Å². The van der Waals surface area contributed by atoms with Crippen molar-refractivity contribution in [1.29, 1.82) is 0 Å². The number of rotatable bonds is 7. The number of aliphatic hydroxyl groups excluding tert-OH is 2. The standard InChI is InChI=1S/C23H27ClN4O5S/c1-33-22-8-15(13-29)19(10-20(22)24)21-12-27-5-4-16(9-23(27)25-21)26-6-7-28(17(11-26)14-30)34(31,32)18-2-3-18/h4-5,8-10,12,17-18,29-30H,2-3,6-7,11,13-14H2,1H3. The number of hydrogen-bond donors (Lipinski definition) is 2. The Morgan fingerprint density at radius 3 is 2.68 bits per heavy atom. The van der Waals surface area contributed by atoms with Gasteiger partial charge < -0.3 is 24.3 Å². The van der Waals surface area contributed by atoms with Crippen molar-refractivity contribution in [2.24, 2.45) is 0 Å². The van der Waals surface area contributed by atoms with Crippen molar-refractivity contribution < 1.29 is 23.4 Å². The summed E-state index contributed by atoms with van der Waals surface area (Å²) in [7, 11) is -1.82. The van der Waals surface area contributed by atoms with E-state index in [-0.39, 0.29) is 18.5 Å². The molecule has 0 amide bonds. The molecule has 3 aromatic rings. The van der Waals surface area contributed by atoms with E-state index < -0.39 is 16.1 Å². The Bertz CT molecular complexity index is 1320. The average molecular weight is 507 g/mol. The van der Waals surface area contributed by atoms with E-state index in [4.69, 9.17) is 21.3 Å². The molecule has 11 heteroatoms. The molecule has 5 rings (SSSR count). The number of benzene rings is 1. The van der Waals surface area contributed by atoms with Gasteiger partial charge in [0, 0.05) is 49.3 Å². The predicted octanol–water partition coefficient (Wildman–Crippen LogP) is 2.13. The molecule has 2 aliphatic rings. The molecule has 1 unspecified atom stereocenters. The number of methoxy groups -OCH3 is 1. The molecule has 3 heterocycles.